The van der Waals surface area contributed by atoms with E-state index < -0.39 is 0 Å². The molecule has 0 spiro atoms. The summed E-state index contributed by atoms with van der Waals surface area (Å²) in [5.74, 6) is -0.328. The Morgan fingerprint density at radius 2 is 1.88 bits per heavy atom. The van der Waals surface area contributed by atoms with Gasteiger partial charge in [-0.05, 0) is 6.92 Å². The fraction of sp³-hybridized carbons (Fsp3) is 0.900. The minimum Gasteiger partial charge on any atom is -0.463 e. The molecule has 2 aliphatic heterocycles. The van der Waals surface area contributed by atoms with Crippen molar-refractivity contribution < 1.29 is 28.5 Å². The van der Waals surface area contributed by atoms with Gasteiger partial charge in [-0.1, -0.05) is 0 Å². The van der Waals surface area contributed by atoms with Gasteiger partial charge in [-0.25, -0.2) is 0 Å². The molecule has 2 heterocycles. The number of esters is 1. The van der Waals surface area contributed by atoms with Crippen LogP contribution in [-0.4, -0.2) is 50.6 Å². The fourth-order valence-corrected chi connectivity index (χ4v) is 1.87. The van der Waals surface area contributed by atoms with Gasteiger partial charge in [-0.2, -0.15) is 0 Å². The second-order valence-corrected chi connectivity index (χ2v) is 3.88. The molecule has 0 radical (unpaired) electrons. The molecule has 0 aromatic rings. The van der Waals surface area contributed by atoms with Crippen molar-refractivity contribution in [3.05, 3.63) is 0 Å². The van der Waals surface area contributed by atoms with Crippen LogP contribution in [-0.2, 0) is 28.5 Å². The van der Waals surface area contributed by atoms with Crippen molar-refractivity contribution in [3.63, 3.8) is 0 Å². The number of rotatable bonds is 3. The van der Waals surface area contributed by atoms with Crippen molar-refractivity contribution in [2.24, 2.45) is 0 Å². The molecule has 0 amide bonds. The Balaban J connectivity index is 1.89. The van der Waals surface area contributed by atoms with Crippen LogP contribution in [0.5, 0.6) is 0 Å². The van der Waals surface area contributed by atoms with Gasteiger partial charge in [0.05, 0.1) is 6.10 Å². The first-order valence-electron chi connectivity index (χ1n) is 5.28. The Hall–Kier alpha value is -0.690. The molecular weight excluding hydrogens is 216 g/mol. The standard InChI is InChI=1S/C10H16O6/c1-6-9(15-4-13-6)10-8(14-5-16-10)3-12-7(2)11/h6,8-10H,3-5H2,1-2H3/t6-,8+,9-,10+/m1/s1. The van der Waals surface area contributed by atoms with Gasteiger partial charge in [0, 0.05) is 6.92 Å². The first-order chi connectivity index (χ1) is 7.68. The molecular formula is C10H16O6. The van der Waals surface area contributed by atoms with Crippen LogP contribution in [0.1, 0.15) is 13.8 Å². The Labute approximate surface area is 93.7 Å². The number of hydrogen-bond donors (Lipinski definition) is 0. The Morgan fingerprint density at radius 1 is 1.19 bits per heavy atom. The molecule has 2 aliphatic rings. The molecule has 4 atom stereocenters. The molecule has 0 aliphatic carbocycles. The third-order valence-electron chi connectivity index (χ3n) is 2.74. The lowest BCUT2D eigenvalue weighted by atomic mass is 10.0. The maximum atomic E-state index is 10.7. The molecule has 0 bridgehead atoms. The van der Waals surface area contributed by atoms with E-state index in [1.165, 1.54) is 6.92 Å². The highest BCUT2D eigenvalue weighted by Gasteiger charge is 2.42. The van der Waals surface area contributed by atoms with Gasteiger partial charge in [0.15, 0.2) is 0 Å². The largest absolute Gasteiger partial charge is 0.463 e. The lowest BCUT2D eigenvalue weighted by molar-refractivity contribution is -0.145. The van der Waals surface area contributed by atoms with E-state index in [1.807, 2.05) is 6.92 Å². The van der Waals surface area contributed by atoms with Crippen LogP contribution in [0.3, 0.4) is 0 Å². The maximum absolute atomic E-state index is 10.7. The molecule has 2 saturated heterocycles. The minimum absolute atomic E-state index is 0.0356. The number of hydrogen-bond acceptors (Lipinski definition) is 6. The number of carbonyl (C=O) groups excluding carboxylic acids is 1. The summed E-state index contributed by atoms with van der Waals surface area (Å²) in [5.41, 5.74) is 0. The van der Waals surface area contributed by atoms with E-state index in [2.05, 4.69) is 0 Å². The Morgan fingerprint density at radius 3 is 2.50 bits per heavy atom. The van der Waals surface area contributed by atoms with Crippen molar-refractivity contribution in [1.82, 2.24) is 0 Å². The van der Waals surface area contributed by atoms with Crippen molar-refractivity contribution >= 4 is 5.97 Å². The van der Waals surface area contributed by atoms with E-state index >= 15 is 0 Å². The van der Waals surface area contributed by atoms with E-state index in [0.717, 1.165) is 0 Å². The monoisotopic (exact) mass is 232 g/mol. The molecule has 92 valence electrons. The average molecular weight is 232 g/mol. The van der Waals surface area contributed by atoms with Gasteiger partial charge in [0.25, 0.3) is 0 Å². The van der Waals surface area contributed by atoms with Crippen LogP contribution in [0.25, 0.3) is 0 Å². The molecule has 0 saturated carbocycles. The van der Waals surface area contributed by atoms with Crippen molar-refractivity contribution in [3.8, 4) is 0 Å². The van der Waals surface area contributed by atoms with E-state index in [9.17, 15) is 4.79 Å². The van der Waals surface area contributed by atoms with Crippen molar-refractivity contribution in [2.45, 2.75) is 38.3 Å². The lowest BCUT2D eigenvalue weighted by Crippen LogP contribution is -2.42. The van der Waals surface area contributed by atoms with Crippen LogP contribution in [0.2, 0.25) is 0 Å². The van der Waals surface area contributed by atoms with Gasteiger partial charge in [-0.3, -0.25) is 4.79 Å². The summed E-state index contributed by atoms with van der Waals surface area (Å²) in [6.45, 7) is 3.94. The van der Waals surface area contributed by atoms with Crippen LogP contribution in [0.4, 0.5) is 0 Å². The third-order valence-corrected chi connectivity index (χ3v) is 2.74. The van der Waals surface area contributed by atoms with Gasteiger partial charge >= 0.3 is 5.97 Å². The van der Waals surface area contributed by atoms with Crippen molar-refractivity contribution in [1.29, 1.82) is 0 Å². The summed E-state index contributed by atoms with van der Waals surface area (Å²) in [7, 11) is 0. The fourth-order valence-electron chi connectivity index (χ4n) is 1.87. The quantitative estimate of drug-likeness (QED) is 0.641. The molecule has 0 unspecified atom stereocenters. The SMILES string of the molecule is CC(=O)OC[C@@H]1OCO[C@@H]1[C@@H]1OCO[C@@H]1C. The van der Waals surface area contributed by atoms with Crippen LogP contribution in [0.15, 0.2) is 0 Å². The second kappa shape index (κ2) is 5.09. The van der Waals surface area contributed by atoms with Crippen LogP contribution < -0.4 is 0 Å². The highest BCUT2D eigenvalue weighted by molar-refractivity contribution is 5.65. The molecule has 0 aromatic carbocycles. The lowest BCUT2D eigenvalue weighted by Gasteiger charge is -2.23. The maximum Gasteiger partial charge on any atom is 0.302 e. The zero-order chi connectivity index (χ0) is 11.5. The number of carbonyl (C=O) groups is 1. The zero-order valence-electron chi connectivity index (χ0n) is 9.38. The molecule has 0 aromatic heterocycles. The summed E-state index contributed by atoms with van der Waals surface area (Å²) < 4.78 is 26.4. The van der Waals surface area contributed by atoms with Gasteiger partial charge in [0.2, 0.25) is 0 Å². The average Bonchev–Trinajstić information content (AvgIpc) is 2.82. The molecule has 6 nitrogen and oxygen atoms in total. The summed E-state index contributed by atoms with van der Waals surface area (Å²) >= 11 is 0. The predicted molar refractivity (Wildman–Crippen MR) is 51.5 cm³/mol. The Kier molecular flexibility index (Phi) is 3.75. The summed E-state index contributed by atoms with van der Waals surface area (Å²) in [4.78, 5) is 10.7. The first kappa shape index (κ1) is 11.8. The molecule has 0 N–H and O–H groups in total. The van der Waals surface area contributed by atoms with Gasteiger partial charge < -0.3 is 23.7 Å². The summed E-state index contributed by atoms with van der Waals surface area (Å²) in [6, 6.07) is 0. The third kappa shape index (κ3) is 2.52. The van der Waals surface area contributed by atoms with Gasteiger partial charge in [-0.15, -0.1) is 0 Å². The van der Waals surface area contributed by atoms with E-state index in [4.69, 9.17) is 23.7 Å². The van der Waals surface area contributed by atoms with E-state index in [0.29, 0.717) is 0 Å². The highest BCUT2D eigenvalue weighted by Crippen LogP contribution is 2.25. The molecule has 2 fully saturated rings. The highest BCUT2D eigenvalue weighted by atomic mass is 16.8. The van der Waals surface area contributed by atoms with Crippen molar-refractivity contribution in [2.75, 3.05) is 20.2 Å². The normalized spacial score (nSPS) is 38.9. The minimum atomic E-state index is -0.328. The molecule has 2 rings (SSSR count). The first-order valence-corrected chi connectivity index (χ1v) is 5.28. The summed E-state index contributed by atoms with van der Waals surface area (Å²) in [5, 5.41) is 0. The van der Waals surface area contributed by atoms with E-state index in [1.54, 1.807) is 0 Å². The van der Waals surface area contributed by atoms with Gasteiger partial charge in [0.1, 0.15) is 38.5 Å². The van der Waals surface area contributed by atoms with E-state index in [-0.39, 0.29) is 50.6 Å². The topological polar surface area (TPSA) is 63.2 Å². The smallest absolute Gasteiger partial charge is 0.302 e. The Bertz CT molecular complexity index is 256. The summed E-state index contributed by atoms with van der Waals surface area (Å²) in [6.07, 6.45) is -0.718. The second-order valence-electron chi connectivity index (χ2n) is 3.88. The molecule has 6 heteroatoms. The zero-order valence-corrected chi connectivity index (χ0v) is 9.38. The predicted octanol–water partition coefficient (Wildman–Crippen LogP) is 0.0524. The molecule has 16 heavy (non-hydrogen) atoms. The van der Waals surface area contributed by atoms with Crippen LogP contribution in [0, 0.1) is 0 Å². The van der Waals surface area contributed by atoms with Crippen LogP contribution >= 0.6 is 0 Å². The number of ether oxygens (including phenoxy) is 5.